The van der Waals surface area contributed by atoms with E-state index in [1.807, 2.05) is 0 Å². The van der Waals surface area contributed by atoms with Crippen LogP contribution in [-0.4, -0.2) is 40.3 Å². The molecule has 0 atom stereocenters. The van der Waals surface area contributed by atoms with E-state index in [0.29, 0.717) is 5.75 Å². The summed E-state index contributed by atoms with van der Waals surface area (Å²) in [5, 5.41) is 4.27. The minimum absolute atomic E-state index is 0.0119. The molecule has 9 heteroatoms. The van der Waals surface area contributed by atoms with Crippen LogP contribution in [0.4, 0.5) is 5.00 Å². The van der Waals surface area contributed by atoms with E-state index in [0.717, 1.165) is 11.3 Å². The van der Waals surface area contributed by atoms with Crippen LogP contribution in [0.15, 0.2) is 40.6 Å². The molecule has 0 aliphatic rings. The summed E-state index contributed by atoms with van der Waals surface area (Å²) in [6.07, 6.45) is 0. The van der Waals surface area contributed by atoms with E-state index in [1.54, 1.807) is 5.38 Å². The molecule has 0 spiro atoms. The van der Waals surface area contributed by atoms with Gasteiger partial charge in [-0.1, -0.05) is 0 Å². The average Bonchev–Trinajstić information content (AvgIpc) is 3.01. The van der Waals surface area contributed by atoms with Crippen molar-refractivity contribution in [1.82, 2.24) is 0 Å². The van der Waals surface area contributed by atoms with Crippen molar-refractivity contribution in [3.05, 3.63) is 41.3 Å². The van der Waals surface area contributed by atoms with Crippen molar-refractivity contribution in [2.24, 2.45) is 0 Å². The molecular weight excluding hydrogens is 354 g/mol. The average molecular weight is 369 g/mol. The highest BCUT2D eigenvalue weighted by Gasteiger charge is 2.22. The maximum absolute atomic E-state index is 12.3. The summed E-state index contributed by atoms with van der Waals surface area (Å²) in [7, 11) is -1.11. The van der Waals surface area contributed by atoms with Gasteiger partial charge in [-0.15, -0.1) is 11.3 Å². The predicted molar refractivity (Wildman–Crippen MR) is 89.3 cm³/mol. The molecular formula is C15H15NO6S2. The van der Waals surface area contributed by atoms with Gasteiger partial charge in [0.15, 0.2) is 9.84 Å². The number of nitrogens with one attached hydrogen (secondary N) is 1. The summed E-state index contributed by atoms with van der Waals surface area (Å²) < 4.78 is 34.1. The van der Waals surface area contributed by atoms with Gasteiger partial charge in [-0.25, -0.2) is 13.2 Å². The van der Waals surface area contributed by atoms with E-state index < -0.39 is 27.5 Å². The van der Waals surface area contributed by atoms with Crippen LogP contribution in [0.5, 0.6) is 5.75 Å². The number of rotatable bonds is 6. The molecule has 1 heterocycles. The maximum atomic E-state index is 12.3. The van der Waals surface area contributed by atoms with Gasteiger partial charge in [0.25, 0.3) is 0 Å². The Bertz CT molecular complexity index is 839. The number of amides is 1. The number of ether oxygens (including phenoxy) is 2. The molecule has 2 aromatic rings. The van der Waals surface area contributed by atoms with Crippen LogP contribution < -0.4 is 10.1 Å². The Morgan fingerprint density at radius 3 is 2.38 bits per heavy atom. The smallest absolute Gasteiger partial charge is 0.340 e. The Morgan fingerprint density at radius 1 is 1.12 bits per heavy atom. The third kappa shape index (κ3) is 4.12. The van der Waals surface area contributed by atoms with Crippen LogP contribution >= 0.6 is 11.3 Å². The van der Waals surface area contributed by atoms with E-state index in [4.69, 9.17) is 4.74 Å². The lowest BCUT2D eigenvalue weighted by atomic mass is 10.3. The molecule has 7 nitrogen and oxygen atoms in total. The monoisotopic (exact) mass is 369 g/mol. The van der Waals surface area contributed by atoms with E-state index in [9.17, 15) is 18.0 Å². The van der Waals surface area contributed by atoms with E-state index >= 15 is 0 Å². The third-order valence-electron chi connectivity index (χ3n) is 3.06. The lowest BCUT2D eigenvalue weighted by molar-refractivity contribution is -0.113. The fraction of sp³-hybridized carbons (Fsp3) is 0.200. The molecule has 1 amide bonds. The van der Waals surface area contributed by atoms with Gasteiger partial charge in [0.2, 0.25) is 5.91 Å². The molecule has 0 aliphatic heterocycles. The number of anilines is 1. The van der Waals surface area contributed by atoms with Crippen LogP contribution in [0, 0.1) is 0 Å². The van der Waals surface area contributed by atoms with Crippen molar-refractivity contribution < 1.29 is 27.5 Å². The van der Waals surface area contributed by atoms with Crippen LogP contribution in [0.2, 0.25) is 0 Å². The Balaban J connectivity index is 2.11. The minimum atomic E-state index is -3.81. The summed E-state index contributed by atoms with van der Waals surface area (Å²) in [6, 6.07) is 7.22. The van der Waals surface area contributed by atoms with Crippen LogP contribution in [0.25, 0.3) is 0 Å². The zero-order valence-corrected chi connectivity index (χ0v) is 14.6. The summed E-state index contributed by atoms with van der Waals surface area (Å²) in [5.74, 6) is -1.57. The van der Waals surface area contributed by atoms with Crippen molar-refractivity contribution in [3.8, 4) is 5.75 Å². The number of carbonyl (C=O) groups is 2. The zero-order valence-electron chi connectivity index (χ0n) is 12.9. The Hall–Kier alpha value is -2.39. The first-order valence-corrected chi connectivity index (χ1v) is 9.23. The van der Waals surface area contributed by atoms with Crippen LogP contribution in [0.3, 0.4) is 0 Å². The van der Waals surface area contributed by atoms with E-state index in [1.165, 1.54) is 44.6 Å². The quantitative estimate of drug-likeness (QED) is 0.782. The van der Waals surface area contributed by atoms with E-state index in [-0.39, 0.29) is 15.5 Å². The van der Waals surface area contributed by atoms with Gasteiger partial charge in [-0.05, 0) is 35.7 Å². The zero-order chi connectivity index (χ0) is 17.7. The number of carbonyl (C=O) groups excluding carboxylic acids is 2. The molecule has 0 bridgehead atoms. The fourth-order valence-electron chi connectivity index (χ4n) is 1.88. The first kappa shape index (κ1) is 18.0. The summed E-state index contributed by atoms with van der Waals surface area (Å²) in [6.45, 7) is 0. The molecule has 1 N–H and O–H groups in total. The number of benzene rings is 1. The number of methoxy groups -OCH3 is 2. The highest BCUT2D eigenvalue weighted by molar-refractivity contribution is 7.92. The Kier molecular flexibility index (Phi) is 5.58. The minimum Gasteiger partial charge on any atom is -0.497 e. The van der Waals surface area contributed by atoms with Crippen molar-refractivity contribution in [2.45, 2.75) is 4.90 Å². The lowest BCUT2D eigenvalue weighted by Gasteiger charge is -2.07. The number of sulfone groups is 1. The second kappa shape index (κ2) is 7.45. The summed E-state index contributed by atoms with van der Waals surface area (Å²) >= 11 is 1.10. The topological polar surface area (TPSA) is 98.8 Å². The molecule has 0 aliphatic carbocycles. The van der Waals surface area contributed by atoms with Crippen molar-refractivity contribution in [3.63, 3.8) is 0 Å². The predicted octanol–water partition coefficient (Wildman–Crippen LogP) is 1.96. The molecule has 24 heavy (non-hydrogen) atoms. The molecule has 1 aromatic heterocycles. The van der Waals surface area contributed by atoms with Gasteiger partial charge < -0.3 is 14.8 Å². The summed E-state index contributed by atoms with van der Waals surface area (Å²) in [5.41, 5.74) is 0.178. The fourth-order valence-corrected chi connectivity index (χ4v) is 3.80. The molecule has 1 aromatic carbocycles. The van der Waals surface area contributed by atoms with Gasteiger partial charge in [0.1, 0.15) is 16.5 Å². The highest BCUT2D eigenvalue weighted by Crippen LogP contribution is 2.24. The van der Waals surface area contributed by atoms with E-state index in [2.05, 4.69) is 10.1 Å². The van der Waals surface area contributed by atoms with Gasteiger partial charge in [-0.3, -0.25) is 4.79 Å². The SMILES string of the molecule is COC(=O)c1ccsc1NC(=O)CS(=O)(=O)c1ccc(OC)cc1. The lowest BCUT2D eigenvalue weighted by Crippen LogP contribution is -2.23. The standard InChI is InChI=1S/C15H15NO6S2/c1-21-10-3-5-11(6-4-10)24(19,20)9-13(17)16-14-12(7-8-23-14)15(18)22-2/h3-8H,9H2,1-2H3,(H,16,17). The number of hydrogen-bond acceptors (Lipinski definition) is 7. The van der Waals surface area contributed by atoms with Crippen molar-refractivity contribution in [1.29, 1.82) is 0 Å². The molecule has 0 fully saturated rings. The van der Waals surface area contributed by atoms with Crippen molar-refractivity contribution in [2.75, 3.05) is 25.3 Å². The number of hydrogen-bond donors (Lipinski definition) is 1. The molecule has 128 valence electrons. The van der Waals surface area contributed by atoms with Crippen LogP contribution in [0.1, 0.15) is 10.4 Å². The molecule has 0 unspecified atom stereocenters. The first-order valence-electron chi connectivity index (χ1n) is 6.70. The van der Waals surface area contributed by atoms with Gasteiger partial charge in [0.05, 0.1) is 24.7 Å². The molecule has 2 rings (SSSR count). The largest absolute Gasteiger partial charge is 0.497 e. The highest BCUT2D eigenvalue weighted by atomic mass is 32.2. The first-order chi connectivity index (χ1) is 11.4. The Labute approximate surface area is 143 Å². The molecule has 0 saturated heterocycles. The van der Waals surface area contributed by atoms with Crippen molar-refractivity contribution >= 4 is 38.1 Å². The van der Waals surface area contributed by atoms with Crippen LogP contribution in [-0.2, 0) is 19.4 Å². The molecule has 0 radical (unpaired) electrons. The van der Waals surface area contributed by atoms with Gasteiger partial charge >= 0.3 is 5.97 Å². The Morgan fingerprint density at radius 2 is 1.79 bits per heavy atom. The molecule has 0 saturated carbocycles. The third-order valence-corrected chi connectivity index (χ3v) is 5.53. The number of thiophene rings is 1. The maximum Gasteiger partial charge on any atom is 0.340 e. The van der Waals surface area contributed by atoms with Gasteiger partial charge in [0, 0.05) is 0 Å². The second-order valence-corrected chi connectivity index (χ2v) is 7.54. The van der Waals surface area contributed by atoms with Gasteiger partial charge in [-0.2, -0.15) is 0 Å². The normalized spacial score (nSPS) is 10.9. The number of esters is 1. The summed E-state index contributed by atoms with van der Waals surface area (Å²) in [4.78, 5) is 23.6. The second-order valence-electron chi connectivity index (χ2n) is 4.64.